The van der Waals surface area contributed by atoms with Crippen molar-refractivity contribution in [3.05, 3.63) is 101 Å². The van der Waals surface area contributed by atoms with Crippen LogP contribution in [0.3, 0.4) is 0 Å². The molecule has 11 heteroatoms. The van der Waals surface area contributed by atoms with Gasteiger partial charge in [0, 0.05) is 62.2 Å². The van der Waals surface area contributed by atoms with Crippen molar-refractivity contribution in [1.29, 1.82) is 0 Å². The zero-order valence-electron chi connectivity index (χ0n) is 29.5. The van der Waals surface area contributed by atoms with E-state index in [4.69, 9.17) is 9.47 Å². The molecule has 1 fully saturated rings. The molecule has 3 aromatic carbocycles. The van der Waals surface area contributed by atoms with Crippen LogP contribution in [0.1, 0.15) is 60.6 Å². The second kappa shape index (κ2) is 17.6. The SMILES string of the molecule is CC(C)CCCOCCOCCC(=O)N1CCN(c2ccc(-c3ccc4c(c3)C(=O)N(C(C(=O)Nc3nccs3)c3ccccc3)C4)cc2)CC1. The Kier molecular flexibility index (Phi) is 12.5. The van der Waals surface area contributed by atoms with Gasteiger partial charge in [0.2, 0.25) is 5.91 Å². The van der Waals surface area contributed by atoms with Crippen molar-refractivity contribution in [2.45, 2.75) is 45.7 Å². The molecular formula is C40H47N5O5S. The van der Waals surface area contributed by atoms with Crippen LogP contribution in [0.25, 0.3) is 11.1 Å². The molecule has 1 atom stereocenters. The quantitative estimate of drug-likeness (QED) is 0.130. The predicted octanol–water partition coefficient (Wildman–Crippen LogP) is 6.65. The van der Waals surface area contributed by atoms with Crippen LogP contribution in [0.15, 0.2) is 84.4 Å². The van der Waals surface area contributed by atoms with E-state index in [1.54, 1.807) is 16.5 Å². The van der Waals surface area contributed by atoms with Crippen molar-refractivity contribution < 1.29 is 23.9 Å². The Labute approximate surface area is 304 Å². The van der Waals surface area contributed by atoms with E-state index in [0.717, 1.165) is 54.1 Å². The minimum Gasteiger partial charge on any atom is -0.379 e. The van der Waals surface area contributed by atoms with E-state index in [1.165, 1.54) is 17.8 Å². The predicted molar refractivity (Wildman–Crippen MR) is 201 cm³/mol. The summed E-state index contributed by atoms with van der Waals surface area (Å²) >= 11 is 1.34. The summed E-state index contributed by atoms with van der Waals surface area (Å²) in [7, 11) is 0. The molecule has 1 unspecified atom stereocenters. The Hall–Kier alpha value is -4.58. The lowest BCUT2D eigenvalue weighted by Gasteiger charge is -2.36. The molecule has 1 N–H and O–H groups in total. The summed E-state index contributed by atoms with van der Waals surface area (Å²) in [6, 6.07) is 22.9. The number of nitrogens with one attached hydrogen (secondary N) is 1. The topological polar surface area (TPSA) is 104 Å². The van der Waals surface area contributed by atoms with E-state index < -0.39 is 6.04 Å². The third-order valence-corrected chi connectivity index (χ3v) is 10.1. The van der Waals surface area contributed by atoms with Crippen molar-refractivity contribution in [2.24, 2.45) is 5.92 Å². The van der Waals surface area contributed by atoms with Gasteiger partial charge in [-0.2, -0.15) is 0 Å². The molecule has 4 aromatic rings. The number of hydrogen-bond donors (Lipinski definition) is 1. The summed E-state index contributed by atoms with van der Waals surface area (Å²) in [4.78, 5) is 50.2. The summed E-state index contributed by atoms with van der Waals surface area (Å²) in [5.41, 5.74) is 5.29. The number of anilines is 2. The maximum atomic E-state index is 13.9. The Morgan fingerprint density at radius 1 is 0.882 bits per heavy atom. The molecule has 2 aliphatic heterocycles. The van der Waals surface area contributed by atoms with Gasteiger partial charge in [0.1, 0.15) is 6.04 Å². The van der Waals surface area contributed by atoms with Crippen LogP contribution in [-0.2, 0) is 25.6 Å². The lowest BCUT2D eigenvalue weighted by molar-refractivity contribution is -0.132. The highest BCUT2D eigenvalue weighted by molar-refractivity contribution is 7.13. The molecule has 1 saturated heterocycles. The van der Waals surface area contributed by atoms with Crippen LogP contribution >= 0.6 is 11.3 Å². The first kappa shape index (κ1) is 36.2. The summed E-state index contributed by atoms with van der Waals surface area (Å²) < 4.78 is 11.2. The number of hydrogen-bond acceptors (Lipinski definition) is 8. The normalized spacial score (nSPS) is 15.0. The third kappa shape index (κ3) is 9.40. The lowest BCUT2D eigenvalue weighted by atomic mass is 10.00. The van der Waals surface area contributed by atoms with Crippen molar-refractivity contribution in [1.82, 2.24) is 14.8 Å². The van der Waals surface area contributed by atoms with Gasteiger partial charge < -0.3 is 24.2 Å². The molecule has 6 rings (SSSR count). The third-order valence-electron chi connectivity index (χ3n) is 9.38. The fourth-order valence-corrected chi connectivity index (χ4v) is 7.12. The fourth-order valence-electron chi connectivity index (χ4n) is 6.59. The monoisotopic (exact) mass is 709 g/mol. The summed E-state index contributed by atoms with van der Waals surface area (Å²) in [6.45, 7) is 9.90. The van der Waals surface area contributed by atoms with Crippen molar-refractivity contribution in [3.63, 3.8) is 0 Å². The fraction of sp³-hybridized carbons (Fsp3) is 0.400. The van der Waals surface area contributed by atoms with Crippen LogP contribution in [0.2, 0.25) is 0 Å². The van der Waals surface area contributed by atoms with Gasteiger partial charge in [-0.15, -0.1) is 11.3 Å². The summed E-state index contributed by atoms with van der Waals surface area (Å²) in [5, 5.41) is 5.18. The number of ether oxygens (including phenoxy) is 2. The molecule has 0 aliphatic carbocycles. The van der Waals surface area contributed by atoms with Crippen LogP contribution in [-0.4, -0.2) is 85.1 Å². The standard InChI is InChI=1S/C40H47N5O5S/c1-29(2)7-6-22-49-24-25-50-23-16-36(46)44-20-18-43(19-21-44)34-14-12-30(13-15-34)32-10-11-33-28-45(39(48)35(33)27-32)37(31-8-4-3-5-9-31)38(47)42-40-41-17-26-51-40/h3-5,8-15,17,26-27,29,37H,6-7,16,18-25,28H2,1-2H3,(H,41,42,47). The van der Waals surface area contributed by atoms with E-state index in [-0.39, 0.29) is 17.7 Å². The Morgan fingerprint density at radius 2 is 1.61 bits per heavy atom. The molecule has 0 spiro atoms. The van der Waals surface area contributed by atoms with Gasteiger partial charge in [-0.25, -0.2) is 4.98 Å². The lowest BCUT2D eigenvalue weighted by Crippen LogP contribution is -2.49. The van der Waals surface area contributed by atoms with E-state index in [2.05, 4.69) is 53.3 Å². The minimum absolute atomic E-state index is 0.128. The highest BCUT2D eigenvalue weighted by Crippen LogP contribution is 2.35. The number of nitrogens with zero attached hydrogens (tertiary/aromatic N) is 4. The first-order chi connectivity index (χ1) is 24.9. The number of carbonyl (C=O) groups is 3. The van der Waals surface area contributed by atoms with Gasteiger partial charge in [0.25, 0.3) is 11.8 Å². The van der Waals surface area contributed by atoms with Gasteiger partial charge >= 0.3 is 0 Å². The molecule has 51 heavy (non-hydrogen) atoms. The first-order valence-electron chi connectivity index (χ1n) is 17.8. The van der Waals surface area contributed by atoms with Crippen LogP contribution < -0.4 is 10.2 Å². The smallest absolute Gasteiger partial charge is 0.255 e. The van der Waals surface area contributed by atoms with E-state index in [0.29, 0.717) is 62.5 Å². The number of amides is 3. The van der Waals surface area contributed by atoms with E-state index >= 15 is 0 Å². The zero-order chi connectivity index (χ0) is 35.6. The van der Waals surface area contributed by atoms with Gasteiger partial charge in [-0.3, -0.25) is 19.7 Å². The number of thiazole rings is 1. The van der Waals surface area contributed by atoms with E-state index in [9.17, 15) is 14.4 Å². The Morgan fingerprint density at radius 3 is 2.31 bits per heavy atom. The second-order valence-corrected chi connectivity index (χ2v) is 14.3. The molecule has 0 radical (unpaired) electrons. The molecule has 3 amide bonds. The first-order valence-corrected chi connectivity index (χ1v) is 18.7. The van der Waals surface area contributed by atoms with Crippen LogP contribution in [0, 0.1) is 5.92 Å². The number of rotatable bonds is 16. The minimum atomic E-state index is -0.795. The summed E-state index contributed by atoms with van der Waals surface area (Å²) in [5.74, 6) is 0.354. The molecular weight excluding hydrogens is 663 g/mol. The Bertz CT molecular complexity index is 1740. The van der Waals surface area contributed by atoms with Gasteiger partial charge in [-0.05, 0) is 59.2 Å². The number of piperazine rings is 1. The zero-order valence-corrected chi connectivity index (χ0v) is 30.3. The molecule has 2 aliphatic rings. The number of carbonyl (C=O) groups excluding carboxylic acids is 3. The van der Waals surface area contributed by atoms with Gasteiger partial charge in [0.15, 0.2) is 5.13 Å². The second-order valence-electron chi connectivity index (χ2n) is 13.4. The van der Waals surface area contributed by atoms with Crippen molar-refractivity contribution >= 4 is 39.9 Å². The number of aromatic nitrogens is 1. The highest BCUT2D eigenvalue weighted by Gasteiger charge is 2.38. The average molecular weight is 710 g/mol. The molecule has 10 nitrogen and oxygen atoms in total. The average Bonchev–Trinajstić information content (AvgIpc) is 3.78. The molecule has 3 heterocycles. The maximum absolute atomic E-state index is 13.9. The molecule has 0 saturated carbocycles. The Balaban J connectivity index is 1.00. The van der Waals surface area contributed by atoms with Crippen LogP contribution in [0.4, 0.5) is 10.8 Å². The number of benzene rings is 3. The highest BCUT2D eigenvalue weighted by atomic mass is 32.1. The van der Waals surface area contributed by atoms with Crippen molar-refractivity contribution in [2.75, 3.05) is 62.8 Å². The van der Waals surface area contributed by atoms with Crippen LogP contribution in [0.5, 0.6) is 0 Å². The number of fused-ring (bicyclic) bond motifs is 1. The molecule has 0 bridgehead atoms. The van der Waals surface area contributed by atoms with Gasteiger partial charge in [0.05, 0.1) is 26.2 Å². The summed E-state index contributed by atoms with van der Waals surface area (Å²) in [6.07, 6.45) is 4.26. The van der Waals surface area contributed by atoms with E-state index in [1.807, 2.05) is 53.4 Å². The largest absolute Gasteiger partial charge is 0.379 e. The maximum Gasteiger partial charge on any atom is 0.255 e. The van der Waals surface area contributed by atoms with Gasteiger partial charge in [-0.1, -0.05) is 68.4 Å². The molecule has 1 aromatic heterocycles. The molecule has 268 valence electrons. The van der Waals surface area contributed by atoms with Crippen molar-refractivity contribution in [3.8, 4) is 11.1 Å².